The van der Waals surface area contributed by atoms with E-state index < -0.39 is 5.60 Å². The molecule has 0 unspecified atom stereocenters. The second-order valence-electron chi connectivity index (χ2n) is 7.45. The highest BCUT2D eigenvalue weighted by Crippen LogP contribution is 2.39. The zero-order chi connectivity index (χ0) is 18.9. The number of aryl methyl sites for hydroxylation is 1. The third-order valence-corrected chi connectivity index (χ3v) is 5.48. The molecule has 2 aliphatic heterocycles. The average Bonchev–Trinajstić information content (AvgIpc) is 2.68. The van der Waals surface area contributed by atoms with Crippen LogP contribution in [0.15, 0.2) is 54.6 Å². The monoisotopic (exact) mass is 361 g/mol. The highest BCUT2D eigenvalue weighted by Gasteiger charge is 2.43. The third-order valence-electron chi connectivity index (χ3n) is 5.48. The van der Waals surface area contributed by atoms with Gasteiger partial charge in [0.15, 0.2) is 5.78 Å². The van der Waals surface area contributed by atoms with E-state index in [-0.39, 0.29) is 11.7 Å². The molecular formula is C23H23NO3. The van der Waals surface area contributed by atoms with Crippen molar-refractivity contribution in [2.45, 2.75) is 31.8 Å². The number of hydrogen-bond donors (Lipinski definition) is 0. The first kappa shape index (κ1) is 17.5. The number of carbonyl (C=O) groups excluding carboxylic acids is 2. The van der Waals surface area contributed by atoms with Crippen molar-refractivity contribution >= 4 is 17.8 Å². The molecule has 1 amide bonds. The normalized spacial score (nSPS) is 18.4. The summed E-state index contributed by atoms with van der Waals surface area (Å²) in [5.74, 6) is 0.816. The van der Waals surface area contributed by atoms with Crippen molar-refractivity contribution in [1.82, 2.24) is 4.90 Å². The number of carbonyl (C=O) groups is 2. The first-order chi connectivity index (χ1) is 13.0. The van der Waals surface area contributed by atoms with Crippen LogP contribution in [-0.4, -0.2) is 35.3 Å². The fourth-order valence-corrected chi connectivity index (χ4v) is 3.81. The summed E-state index contributed by atoms with van der Waals surface area (Å²) < 4.78 is 6.22. The van der Waals surface area contributed by atoms with Gasteiger partial charge in [-0.15, -0.1) is 0 Å². The van der Waals surface area contributed by atoms with Gasteiger partial charge in [-0.3, -0.25) is 9.59 Å². The molecule has 1 saturated heterocycles. The van der Waals surface area contributed by atoms with Gasteiger partial charge in [0.25, 0.3) is 0 Å². The van der Waals surface area contributed by atoms with E-state index in [2.05, 4.69) is 0 Å². The molecule has 2 aliphatic rings. The molecule has 27 heavy (non-hydrogen) atoms. The van der Waals surface area contributed by atoms with E-state index in [1.54, 1.807) is 6.08 Å². The van der Waals surface area contributed by atoms with Gasteiger partial charge in [-0.05, 0) is 30.7 Å². The molecule has 4 nitrogen and oxygen atoms in total. The fourth-order valence-electron chi connectivity index (χ4n) is 3.81. The zero-order valence-corrected chi connectivity index (χ0v) is 15.5. The Kier molecular flexibility index (Phi) is 4.56. The Labute approximate surface area is 159 Å². The van der Waals surface area contributed by atoms with Crippen molar-refractivity contribution in [3.05, 3.63) is 71.3 Å². The van der Waals surface area contributed by atoms with Gasteiger partial charge < -0.3 is 9.64 Å². The minimum absolute atomic E-state index is 0.00737. The smallest absolute Gasteiger partial charge is 0.246 e. The van der Waals surface area contributed by atoms with E-state index in [1.807, 2.05) is 66.4 Å². The number of nitrogens with zero attached hydrogens (tertiary/aromatic N) is 1. The zero-order valence-electron chi connectivity index (χ0n) is 15.5. The minimum atomic E-state index is -0.469. The van der Waals surface area contributed by atoms with Crippen LogP contribution in [0.1, 0.15) is 40.7 Å². The lowest BCUT2D eigenvalue weighted by Crippen LogP contribution is -2.52. The molecule has 0 aromatic heterocycles. The maximum absolute atomic E-state index is 12.5. The van der Waals surface area contributed by atoms with Crippen molar-refractivity contribution in [2.75, 3.05) is 13.1 Å². The van der Waals surface area contributed by atoms with Gasteiger partial charge in [-0.2, -0.15) is 0 Å². The van der Waals surface area contributed by atoms with Crippen LogP contribution in [0.25, 0.3) is 6.08 Å². The van der Waals surface area contributed by atoms with Crippen molar-refractivity contribution < 1.29 is 14.3 Å². The molecule has 0 N–H and O–H groups in total. The van der Waals surface area contributed by atoms with Gasteiger partial charge >= 0.3 is 0 Å². The molecule has 4 rings (SSSR count). The Balaban J connectivity index is 1.39. The summed E-state index contributed by atoms with van der Waals surface area (Å²) in [6, 6.07) is 15.5. The summed E-state index contributed by atoms with van der Waals surface area (Å²) >= 11 is 0. The Morgan fingerprint density at radius 2 is 1.78 bits per heavy atom. The number of amides is 1. The molecule has 0 bridgehead atoms. The lowest BCUT2D eigenvalue weighted by Gasteiger charge is -2.43. The Hall–Kier alpha value is -2.88. The molecule has 0 atom stereocenters. The Bertz CT molecular complexity index is 890. The Morgan fingerprint density at radius 3 is 2.52 bits per heavy atom. The maximum Gasteiger partial charge on any atom is 0.246 e. The summed E-state index contributed by atoms with van der Waals surface area (Å²) in [5, 5.41) is 0. The van der Waals surface area contributed by atoms with E-state index in [1.165, 1.54) is 5.56 Å². The highest BCUT2D eigenvalue weighted by molar-refractivity contribution is 6.00. The minimum Gasteiger partial charge on any atom is -0.486 e. The second-order valence-corrected chi connectivity index (χ2v) is 7.45. The predicted molar refractivity (Wildman–Crippen MR) is 105 cm³/mol. The van der Waals surface area contributed by atoms with Crippen LogP contribution in [0.5, 0.6) is 5.75 Å². The van der Waals surface area contributed by atoms with Crippen LogP contribution in [0.2, 0.25) is 0 Å². The number of fused-ring (bicyclic) bond motifs is 1. The molecule has 1 spiro atoms. The van der Waals surface area contributed by atoms with Crippen LogP contribution in [0.3, 0.4) is 0 Å². The van der Waals surface area contributed by atoms with Gasteiger partial charge in [0.1, 0.15) is 11.4 Å². The van der Waals surface area contributed by atoms with Gasteiger partial charge in [-0.1, -0.05) is 42.0 Å². The molecular weight excluding hydrogens is 338 g/mol. The number of benzene rings is 2. The summed E-state index contributed by atoms with van der Waals surface area (Å²) in [7, 11) is 0. The van der Waals surface area contributed by atoms with E-state index in [0.717, 1.165) is 5.56 Å². The summed E-state index contributed by atoms with van der Waals surface area (Å²) in [4.78, 5) is 26.8. The van der Waals surface area contributed by atoms with E-state index in [0.29, 0.717) is 43.7 Å². The van der Waals surface area contributed by atoms with Crippen molar-refractivity contribution in [3.63, 3.8) is 0 Å². The topological polar surface area (TPSA) is 46.6 Å². The number of piperidine rings is 1. The lowest BCUT2D eigenvalue weighted by atomic mass is 9.82. The summed E-state index contributed by atoms with van der Waals surface area (Å²) in [5.41, 5.74) is 2.41. The van der Waals surface area contributed by atoms with Gasteiger partial charge in [0.05, 0.1) is 12.0 Å². The van der Waals surface area contributed by atoms with Crippen molar-refractivity contribution in [2.24, 2.45) is 0 Å². The standard InChI is InChI=1S/C23H23NO3/c1-17-6-8-18(9-7-17)10-11-22(26)24-14-12-23(13-15-24)16-20(25)19-4-2-3-5-21(19)27-23/h2-11H,12-16H2,1H3/b11-10+. The van der Waals surface area contributed by atoms with Crippen LogP contribution >= 0.6 is 0 Å². The molecule has 0 saturated carbocycles. The summed E-state index contributed by atoms with van der Waals surface area (Å²) in [6.45, 7) is 3.25. The molecule has 0 aliphatic carbocycles. The van der Waals surface area contributed by atoms with Gasteiger partial charge in [-0.25, -0.2) is 0 Å². The first-order valence-electron chi connectivity index (χ1n) is 9.40. The van der Waals surface area contributed by atoms with Crippen LogP contribution in [0, 0.1) is 6.92 Å². The van der Waals surface area contributed by atoms with Gasteiger partial charge in [0, 0.05) is 32.0 Å². The molecule has 138 valence electrons. The van der Waals surface area contributed by atoms with Crippen LogP contribution in [-0.2, 0) is 4.79 Å². The number of ether oxygens (including phenoxy) is 1. The summed E-state index contributed by atoms with van der Waals surface area (Å²) in [6.07, 6.45) is 5.23. The molecule has 2 aromatic carbocycles. The quantitative estimate of drug-likeness (QED) is 0.759. The average molecular weight is 361 g/mol. The number of Topliss-reactive ketones (excluding diaryl/α,β-unsaturated/α-hetero) is 1. The molecule has 0 radical (unpaired) electrons. The molecule has 2 heterocycles. The molecule has 1 fully saturated rings. The van der Waals surface area contributed by atoms with Crippen LogP contribution in [0.4, 0.5) is 0 Å². The van der Waals surface area contributed by atoms with Crippen molar-refractivity contribution in [3.8, 4) is 5.75 Å². The number of likely N-dealkylation sites (tertiary alicyclic amines) is 1. The Morgan fingerprint density at radius 1 is 1.07 bits per heavy atom. The van der Waals surface area contributed by atoms with Gasteiger partial charge in [0.2, 0.25) is 5.91 Å². The first-order valence-corrected chi connectivity index (χ1v) is 9.40. The molecule has 2 aromatic rings. The number of ketones is 1. The number of rotatable bonds is 2. The largest absolute Gasteiger partial charge is 0.486 e. The predicted octanol–water partition coefficient (Wildman–Crippen LogP) is 4.03. The van der Waals surface area contributed by atoms with E-state index >= 15 is 0 Å². The second kappa shape index (κ2) is 7.03. The van der Waals surface area contributed by atoms with E-state index in [4.69, 9.17) is 4.74 Å². The number of para-hydroxylation sites is 1. The number of hydrogen-bond acceptors (Lipinski definition) is 3. The maximum atomic E-state index is 12.5. The molecule has 4 heteroatoms. The van der Waals surface area contributed by atoms with E-state index in [9.17, 15) is 9.59 Å². The SMILES string of the molecule is Cc1ccc(/C=C/C(=O)N2CCC3(CC2)CC(=O)c2ccccc2O3)cc1. The van der Waals surface area contributed by atoms with Crippen LogP contribution < -0.4 is 4.74 Å². The third kappa shape index (κ3) is 3.65. The highest BCUT2D eigenvalue weighted by atomic mass is 16.5. The van der Waals surface area contributed by atoms with Crippen molar-refractivity contribution in [1.29, 1.82) is 0 Å². The lowest BCUT2D eigenvalue weighted by molar-refractivity contribution is -0.129. The fraction of sp³-hybridized carbons (Fsp3) is 0.304.